The molecule has 0 bridgehead atoms. The summed E-state index contributed by atoms with van der Waals surface area (Å²) in [6.45, 7) is 1.96. The molecule has 2 atom stereocenters. The molecule has 5 nitrogen and oxygen atoms in total. The summed E-state index contributed by atoms with van der Waals surface area (Å²) < 4.78 is 16.4. The highest BCUT2D eigenvalue weighted by Crippen LogP contribution is 2.25. The Morgan fingerprint density at radius 1 is 1.03 bits per heavy atom. The molecule has 0 saturated carbocycles. The molecule has 1 aliphatic rings. The Morgan fingerprint density at radius 2 is 1.86 bits per heavy atom. The summed E-state index contributed by atoms with van der Waals surface area (Å²) in [6, 6.07) is 16.3. The van der Waals surface area contributed by atoms with E-state index in [1.54, 1.807) is 7.11 Å². The number of methoxy groups -OCH3 is 1. The quantitative estimate of drug-likeness (QED) is 0.454. The Morgan fingerprint density at radius 3 is 2.66 bits per heavy atom. The fraction of sp³-hybridized carbons (Fsp3) is 0.478. The third kappa shape index (κ3) is 7.86. The van der Waals surface area contributed by atoms with Crippen molar-refractivity contribution in [3.8, 4) is 11.5 Å². The first-order valence-electron chi connectivity index (χ1n) is 10.1. The molecule has 2 aromatic rings. The van der Waals surface area contributed by atoms with Gasteiger partial charge in [0.2, 0.25) is 0 Å². The van der Waals surface area contributed by atoms with E-state index >= 15 is 0 Å². The predicted molar refractivity (Wildman–Crippen MR) is 117 cm³/mol. The second-order valence-electron chi connectivity index (χ2n) is 7.25. The van der Waals surface area contributed by atoms with Crippen LogP contribution < -0.4 is 14.8 Å². The van der Waals surface area contributed by atoms with Crippen LogP contribution in [-0.4, -0.2) is 50.7 Å². The van der Waals surface area contributed by atoms with E-state index in [0.29, 0.717) is 25.8 Å². The van der Waals surface area contributed by atoms with Gasteiger partial charge in [-0.25, -0.2) is 0 Å². The summed E-state index contributed by atoms with van der Waals surface area (Å²) in [6.07, 6.45) is 3.74. The molecule has 0 saturated heterocycles. The summed E-state index contributed by atoms with van der Waals surface area (Å²) >= 11 is 0. The van der Waals surface area contributed by atoms with Crippen molar-refractivity contribution in [2.45, 2.75) is 37.8 Å². The van der Waals surface area contributed by atoms with Crippen LogP contribution in [0.5, 0.6) is 11.5 Å². The van der Waals surface area contributed by atoms with Crippen molar-refractivity contribution in [1.82, 2.24) is 5.32 Å². The number of aryl methyl sites for hydroxylation is 1. The molecule has 0 fully saturated rings. The minimum atomic E-state index is -0.536. The lowest BCUT2D eigenvalue weighted by atomic mass is 10.0. The molecule has 0 aromatic heterocycles. The summed E-state index contributed by atoms with van der Waals surface area (Å²) in [5.74, 6) is 1.68. The fourth-order valence-electron chi connectivity index (χ4n) is 3.52. The molecule has 6 heteroatoms. The van der Waals surface area contributed by atoms with Crippen LogP contribution in [-0.2, 0) is 17.6 Å². The fourth-order valence-corrected chi connectivity index (χ4v) is 3.52. The predicted octanol–water partition coefficient (Wildman–Crippen LogP) is 3.41. The molecule has 3 rings (SSSR count). The Labute approximate surface area is 179 Å². The first-order valence-corrected chi connectivity index (χ1v) is 10.1. The molecule has 29 heavy (non-hydrogen) atoms. The zero-order valence-corrected chi connectivity index (χ0v) is 17.8. The molecule has 0 radical (unpaired) electrons. The van der Waals surface area contributed by atoms with E-state index in [9.17, 15) is 5.11 Å². The average molecular weight is 422 g/mol. The number of ether oxygens (including phenoxy) is 3. The number of hydrogen-bond acceptors (Lipinski definition) is 5. The van der Waals surface area contributed by atoms with E-state index in [4.69, 9.17) is 14.2 Å². The van der Waals surface area contributed by atoms with Crippen molar-refractivity contribution in [2.75, 3.05) is 33.5 Å². The number of hydrogen-bond donors (Lipinski definition) is 2. The Bertz CT molecular complexity index is 713. The standard InChI is InChI=1S/C23H31NO4.ClH/c1-26-12-13-27-23-11-10-18-6-5-7-20(14-19(18)15-23)24-16-21(25)17-28-22-8-3-2-4-9-22;/h2-4,8-11,15,20-21,24-25H,5-7,12-14,16-17H2,1H3;1H/t20?,21-;/m0./s1. The monoisotopic (exact) mass is 421 g/mol. The van der Waals surface area contributed by atoms with Crippen LogP contribution in [0.3, 0.4) is 0 Å². The van der Waals surface area contributed by atoms with Gasteiger partial charge in [-0.05, 0) is 61.1 Å². The lowest BCUT2D eigenvalue weighted by molar-refractivity contribution is 0.103. The molecule has 0 amide bonds. The first-order chi connectivity index (χ1) is 13.7. The van der Waals surface area contributed by atoms with Gasteiger partial charge in [-0.1, -0.05) is 24.3 Å². The summed E-state index contributed by atoms with van der Waals surface area (Å²) in [5.41, 5.74) is 2.73. The van der Waals surface area contributed by atoms with E-state index in [2.05, 4.69) is 17.4 Å². The summed E-state index contributed by atoms with van der Waals surface area (Å²) in [4.78, 5) is 0. The number of nitrogens with one attached hydrogen (secondary N) is 1. The van der Waals surface area contributed by atoms with Gasteiger partial charge in [0.15, 0.2) is 0 Å². The van der Waals surface area contributed by atoms with Crippen LogP contribution in [0.25, 0.3) is 0 Å². The SMILES string of the molecule is COCCOc1ccc2c(c1)CC(NC[C@H](O)COc1ccccc1)CCC2.Cl. The molecule has 2 N–H and O–H groups in total. The van der Waals surface area contributed by atoms with Crippen LogP contribution >= 0.6 is 12.4 Å². The van der Waals surface area contributed by atoms with Gasteiger partial charge in [0, 0.05) is 19.7 Å². The highest BCUT2D eigenvalue weighted by Gasteiger charge is 2.18. The summed E-state index contributed by atoms with van der Waals surface area (Å²) in [7, 11) is 1.68. The van der Waals surface area contributed by atoms with Crippen molar-refractivity contribution in [3.63, 3.8) is 0 Å². The van der Waals surface area contributed by atoms with Gasteiger partial charge in [-0.15, -0.1) is 12.4 Å². The van der Waals surface area contributed by atoms with Gasteiger partial charge in [-0.3, -0.25) is 0 Å². The Hall–Kier alpha value is -1.79. The van der Waals surface area contributed by atoms with E-state index in [-0.39, 0.29) is 19.0 Å². The van der Waals surface area contributed by atoms with E-state index < -0.39 is 6.10 Å². The Kier molecular flexibility index (Phi) is 10.3. The van der Waals surface area contributed by atoms with Crippen molar-refractivity contribution >= 4 is 12.4 Å². The van der Waals surface area contributed by atoms with E-state index in [1.807, 2.05) is 36.4 Å². The minimum absolute atomic E-state index is 0. The van der Waals surface area contributed by atoms with Gasteiger partial charge < -0.3 is 24.6 Å². The number of benzene rings is 2. The zero-order valence-electron chi connectivity index (χ0n) is 17.0. The average Bonchev–Trinajstić information content (AvgIpc) is 2.93. The third-order valence-electron chi connectivity index (χ3n) is 5.03. The lowest BCUT2D eigenvalue weighted by Crippen LogP contribution is -2.39. The molecule has 0 heterocycles. The lowest BCUT2D eigenvalue weighted by Gasteiger charge is -2.20. The van der Waals surface area contributed by atoms with E-state index in [0.717, 1.165) is 37.2 Å². The van der Waals surface area contributed by atoms with Gasteiger partial charge in [0.05, 0.1) is 6.61 Å². The van der Waals surface area contributed by atoms with Crippen molar-refractivity contribution in [1.29, 1.82) is 0 Å². The smallest absolute Gasteiger partial charge is 0.119 e. The van der Waals surface area contributed by atoms with Gasteiger partial charge in [-0.2, -0.15) is 0 Å². The second kappa shape index (κ2) is 12.7. The summed E-state index contributed by atoms with van der Waals surface area (Å²) in [5, 5.41) is 13.8. The molecule has 0 spiro atoms. The molecule has 160 valence electrons. The number of aliphatic hydroxyl groups excluding tert-OH is 1. The van der Waals surface area contributed by atoms with Crippen molar-refractivity contribution in [2.24, 2.45) is 0 Å². The third-order valence-corrected chi connectivity index (χ3v) is 5.03. The topological polar surface area (TPSA) is 60.0 Å². The first kappa shape index (κ1) is 23.5. The molecule has 1 aliphatic carbocycles. The number of para-hydroxylation sites is 1. The second-order valence-corrected chi connectivity index (χ2v) is 7.25. The molecule has 2 aromatic carbocycles. The van der Waals surface area contributed by atoms with E-state index in [1.165, 1.54) is 11.1 Å². The number of aliphatic hydroxyl groups is 1. The minimum Gasteiger partial charge on any atom is -0.491 e. The van der Waals surface area contributed by atoms with Crippen LogP contribution in [0.1, 0.15) is 24.0 Å². The normalized spacial score (nSPS) is 16.8. The maximum absolute atomic E-state index is 10.3. The highest BCUT2D eigenvalue weighted by molar-refractivity contribution is 5.85. The maximum atomic E-state index is 10.3. The maximum Gasteiger partial charge on any atom is 0.119 e. The Balaban J connectivity index is 0.00000300. The van der Waals surface area contributed by atoms with Gasteiger partial charge in [0.1, 0.15) is 30.8 Å². The molecular formula is C23H32ClNO4. The molecule has 0 aliphatic heterocycles. The molecule has 1 unspecified atom stereocenters. The van der Waals surface area contributed by atoms with Crippen molar-refractivity contribution in [3.05, 3.63) is 59.7 Å². The molecular weight excluding hydrogens is 390 g/mol. The number of rotatable bonds is 10. The highest BCUT2D eigenvalue weighted by atomic mass is 35.5. The van der Waals surface area contributed by atoms with Crippen LogP contribution in [0, 0.1) is 0 Å². The van der Waals surface area contributed by atoms with Crippen LogP contribution in [0.2, 0.25) is 0 Å². The number of halogens is 1. The van der Waals surface area contributed by atoms with Gasteiger partial charge >= 0.3 is 0 Å². The van der Waals surface area contributed by atoms with Crippen molar-refractivity contribution < 1.29 is 19.3 Å². The number of fused-ring (bicyclic) bond motifs is 1. The zero-order chi connectivity index (χ0) is 19.6. The van der Waals surface area contributed by atoms with Crippen LogP contribution in [0.4, 0.5) is 0 Å². The van der Waals surface area contributed by atoms with Gasteiger partial charge in [0.25, 0.3) is 0 Å². The van der Waals surface area contributed by atoms with Crippen LogP contribution in [0.15, 0.2) is 48.5 Å². The largest absolute Gasteiger partial charge is 0.491 e.